The molecule has 166 valence electrons. The molecule has 4 rings (SSSR count). The minimum Gasteiger partial charge on any atom is -0.491 e. The Hall–Kier alpha value is -3.81. The van der Waals surface area contributed by atoms with E-state index in [-0.39, 0.29) is 19.1 Å². The van der Waals surface area contributed by atoms with Crippen LogP contribution in [0, 0.1) is 0 Å². The molecule has 0 fully saturated rings. The third-order valence-corrected chi connectivity index (χ3v) is 5.59. The Morgan fingerprint density at radius 2 is 1.75 bits per heavy atom. The molecule has 2 aromatic carbocycles. The van der Waals surface area contributed by atoms with Crippen LogP contribution in [-0.4, -0.2) is 45.7 Å². The van der Waals surface area contributed by atoms with Gasteiger partial charge in [0.1, 0.15) is 6.61 Å². The molecule has 0 radical (unpaired) electrons. The van der Waals surface area contributed by atoms with Crippen molar-refractivity contribution in [1.82, 2.24) is 15.1 Å². The van der Waals surface area contributed by atoms with Gasteiger partial charge in [-0.05, 0) is 36.1 Å². The van der Waals surface area contributed by atoms with E-state index < -0.39 is 17.6 Å². The minimum atomic E-state index is -1.61. The summed E-state index contributed by atoms with van der Waals surface area (Å²) in [5.74, 6) is -0.773. The molecule has 8 heteroatoms. The standard InChI is InChI=1S/C24H25N3O5/c1-3-31-16-12-25-27(13-16)15-24(2,22(28)29)26-23(30)32-14-21-19-10-6-4-8-17(19)18-9-5-7-11-20(18)21/h4-13,21H,3,14-15H2,1-2H3,(H,26,30)(H,28,29). The number of hydrogen-bond acceptors (Lipinski definition) is 5. The largest absolute Gasteiger partial charge is 0.491 e. The normalized spacial score (nSPS) is 14.2. The van der Waals surface area contributed by atoms with E-state index in [0.717, 1.165) is 22.3 Å². The summed E-state index contributed by atoms with van der Waals surface area (Å²) < 4.78 is 12.3. The van der Waals surface area contributed by atoms with Gasteiger partial charge in [0.2, 0.25) is 0 Å². The van der Waals surface area contributed by atoms with Gasteiger partial charge >= 0.3 is 12.1 Å². The van der Waals surface area contributed by atoms with Crippen molar-refractivity contribution in [2.24, 2.45) is 0 Å². The summed E-state index contributed by atoms with van der Waals surface area (Å²) in [6.45, 7) is 3.75. The maximum atomic E-state index is 12.6. The molecule has 0 saturated heterocycles. The van der Waals surface area contributed by atoms with Crippen molar-refractivity contribution >= 4 is 12.1 Å². The van der Waals surface area contributed by atoms with Crippen molar-refractivity contribution in [3.8, 4) is 16.9 Å². The van der Waals surface area contributed by atoms with Crippen LogP contribution in [0.5, 0.6) is 5.75 Å². The summed E-state index contributed by atoms with van der Waals surface area (Å²) in [6, 6.07) is 16.0. The molecular formula is C24H25N3O5. The second kappa shape index (κ2) is 8.74. The van der Waals surface area contributed by atoms with Crippen molar-refractivity contribution in [3.63, 3.8) is 0 Å². The topological polar surface area (TPSA) is 103 Å². The molecule has 0 spiro atoms. The molecule has 3 aromatic rings. The third kappa shape index (κ3) is 4.16. The van der Waals surface area contributed by atoms with Crippen molar-refractivity contribution in [3.05, 3.63) is 72.1 Å². The van der Waals surface area contributed by atoms with Crippen LogP contribution >= 0.6 is 0 Å². The van der Waals surface area contributed by atoms with Crippen molar-refractivity contribution in [1.29, 1.82) is 0 Å². The second-order valence-corrected chi connectivity index (χ2v) is 7.89. The van der Waals surface area contributed by atoms with Gasteiger partial charge in [-0.2, -0.15) is 5.10 Å². The van der Waals surface area contributed by atoms with E-state index in [9.17, 15) is 14.7 Å². The van der Waals surface area contributed by atoms with Crippen LogP contribution in [0.4, 0.5) is 4.79 Å². The molecule has 0 aliphatic heterocycles. The quantitative estimate of drug-likeness (QED) is 0.560. The van der Waals surface area contributed by atoms with Crippen LogP contribution in [0.15, 0.2) is 60.9 Å². The van der Waals surface area contributed by atoms with E-state index in [1.54, 1.807) is 6.20 Å². The zero-order valence-electron chi connectivity index (χ0n) is 17.9. The predicted molar refractivity (Wildman–Crippen MR) is 118 cm³/mol. The SMILES string of the molecule is CCOc1cnn(CC(C)(NC(=O)OCC2c3ccccc3-c3ccccc32)C(=O)O)c1. The van der Waals surface area contributed by atoms with Crippen LogP contribution in [0.1, 0.15) is 30.9 Å². The Morgan fingerprint density at radius 1 is 1.12 bits per heavy atom. The molecule has 0 bridgehead atoms. The first-order valence-electron chi connectivity index (χ1n) is 10.4. The Kier molecular flexibility index (Phi) is 5.85. The molecule has 1 amide bonds. The molecule has 1 atom stereocenters. The van der Waals surface area contributed by atoms with Crippen LogP contribution in [-0.2, 0) is 16.1 Å². The predicted octanol–water partition coefficient (Wildman–Crippen LogP) is 3.66. The van der Waals surface area contributed by atoms with Crippen LogP contribution in [0.3, 0.4) is 0 Å². The first kappa shape index (κ1) is 21.4. The number of carboxylic acids is 1. The highest BCUT2D eigenvalue weighted by molar-refractivity contribution is 5.84. The summed E-state index contributed by atoms with van der Waals surface area (Å²) in [5.41, 5.74) is 2.80. The van der Waals surface area contributed by atoms with Gasteiger partial charge in [0.25, 0.3) is 0 Å². The van der Waals surface area contributed by atoms with E-state index in [4.69, 9.17) is 9.47 Å². The number of carbonyl (C=O) groups excluding carboxylic acids is 1. The van der Waals surface area contributed by atoms with Gasteiger partial charge in [0, 0.05) is 5.92 Å². The number of amides is 1. The lowest BCUT2D eigenvalue weighted by Gasteiger charge is -2.26. The highest BCUT2D eigenvalue weighted by Gasteiger charge is 2.37. The zero-order chi connectivity index (χ0) is 22.7. The third-order valence-electron chi connectivity index (χ3n) is 5.59. The zero-order valence-corrected chi connectivity index (χ0v) is 17.9. The number of fused-ring (bicyclic) bond motifs is 3. The fourth-order valence-electron chi connectivity index (χ4n) is 4.02. The van der Waals surface area contributed by atoms with Crippen LogP contribution < -0.4 is 10.1 Å². The summed E-state index contributed by atoms with van der Waals surface area (Å²) in [4.78, 5) is 24.5. The fourth-order valence-corrected chi connectivity index (χ4v) is 4.02. The Balaban J connectivity index is 1.44. The van der Waals surface area contributed by atoms with Crippen molar-refractivity contribution in [2.75, 3.05) is 13.2 Å². The van der Waals surface area contributed by atoms with Gasteiger partial charge in [-0.1, -0.05) is 48.5 Å². The van der Waals surface area contributed by atoms with E-state index in [2.05, 4.69) is 22.5 Å². The van der Waals surface area contributed by atoms with Gasteiger partial charge in [0.05, 0.1) is 25.5 Å². The summed E-state index contributed by atoms with van der Waals surface area (Å²) >= 11 is 0. The van der Waals surface area contributed by atoms with Gasteiger partial charge < -0.3 is 19.9 Å². The Morgan fingerprint density at radius 3 is 2.34 bits per heavy atom. The van der Waals surface area contributed by atoms with Gasteiger partial charge in [-0.25, -0.2) is 9.59 Å². The maximum absolute atomic E-state index is 12.6. The number of aliphatic carboxylic acids is 1. The fraction of sp³-hybridized carbons (Fsp3) is 0.292. The summed E-state index contributed by atoms with van der Waals surface area (Å²) in [7, 11) is 0. The molecule has 1 aliphatic rings. The number of nitrogens with one attached hydrogen (secondary N) is 1. The Bertz CT molecular complexity index is 1100. The number of carboxylic acid groups (broad SMARTS) is 1. The molecule has 2 N–H and O–H groups in total. The lowest BCUT2D eigenvalue weighted by Crippen LogP contribution is -2.55. The summed E-state index contributed by atoms with van der Waals surface area (Å²) in [5, 5.41) is 16.3. The lowest BCUT2D eigenvalue weighted by atomic mass is 9.98. The molecule has 32 heavy (non-hydrogen) atoms. The Labute approximate surface area is 185 Å². The minimum absolute atomic E-state index is 0.0837. The molecule has 1 heterocycles. The highest BCUT2D eigenvalue weighted by atomic mass is 16.5. The number of alkyl carbamates (subject to hydrolysis) is 1. The number of hydrogen-bond donors (Lipinski definition) is 2. The van der Waals surface area contributed by atoms with Gasteiger partial charge in [-0.3, -0.25) is 4.68 Å². The molecular weight excluding hydrogens is 410 g/mol. The van der Waals surface area contributed by atoms with Crippen LogP contribution in [0.25, 0.3) is 11.1 Å². The average molecular weight is 435 g/mol. The first-order chi connectivity index (χ1) is 15.4. The lowest BCUT2D eigenvalue weighted by molar-refractivity contribution is -0.144. The molecule has 1 aliphatic carbocycles. The van der Waals surface area contributed by atoms with Gasteiger partial charge in [0.15, 0.2) is 11.3 Å². The molecule has 8 nitrogen and oxygen atoms in total. The monoisotopic (exact) mass is 435 g/mol. The van der Waals surface area contributed by atoms with Crippen LogP contribution in [0.2, 0.25) is 0 Å². The van der Waals surface area contributed by atoms with E-state index in [0.29, 0.717) is 12.4 Å². The number of nitrogens with zero attached hydrogens (tertiary/aromatic N) is 2. The maximum Gasteiger partial charge on any atom is 0.408 e. The van der Waals surface area contributed by atoms with E-state index in [1.807, 2.05) is 43.3 Å². The smallest absolute Gasteiger partial charge is 0.408 e. The number of aromatic nitrogens is 2. The molecule has 0 saturated carbocycles. The number of carbonyl (C=O) groups is 2. The molecule has 1 unspecified atom stereocenters. The van der Waals surface area contributed by atoms with E-state index in [1.165, 1.54) is 17.8 Å². The first-order valence-corrected chi connectivity index (χ1v) is 10.4. The second-order valence-electron chi connectivity index (χ2n) is 7.89. The van der Waals surface area contributed by atoms with E-state index >= 15 is 0 Å². The number of benzene rings is 2. The highest BCUT2D eigenvalue weighted by Crippen LogP contribution is 2.44. The van der Waals surface area contributed by atoms with Gasteiger partial charge in [-0.15, -0.1) is 0 Å². The average Bonchev–Trinajstić information content (AvgIpc) is 3.34. The van der Waals surface area contributed by atoms with Crippen molar-refractivity contribution in [2.45, 2.75) is 31.8 Å². The summed E-state index contributed by atoms with van der Waals surface area (Å²) in [6.07, 6.45) is 2.29. The number of ether oxygens (including phenoxy) is 2. The van der Waals surface area contributed by atoms with Crippen molar-refractivity contribution < 1.29 is 24.2 Å². The molecule has 1 aromatic heterocycles. The number of rotatable bonds is 8.